The summed E-state index contributed by atoms with van der Waals surface area (Å²) in [5, 5.41) is 9.29. The zero-order valence-electron chi connectivity index (χ0n) is 6.82. The van der Waals surface area contributed by atoms with Crippen molar-refractivity contribution < 1.29 is 14.1 Å². The van der Waals surface area contributed by atoms with Crippen LogP contribution in [-0.2, 0) is 15.5 Å². The molecule has 1 aliphatic rings. The Kier molecular flexibility index (Phi) is 3.04. The lowest BCUT2D eigenvalue weighted by atomic mass is 10.2. The highest BCUT2D eigenvalue weighted by molar-refractivity contribution is 7.85. The highest BCUT2D eigenvalue weighted by Crippen LogP contribution is 2.13. The topological polar surface area (TPSA) is 46.5 Å². The van der Waals surface area contributed by atoms with Gasteiger partial charge in [0.05, 0.1) is 29.8 Å². The number of aliphatic hydroxyl groups excluding tert-OH is 1. The van der Waals surface area contributed by atoms with Crippen molar-refractivity contribution in [3.63, 3.8) is 0 Å². The van der Waals surface area contributed by atoms with Gasteiger partial charge in [0.1, 0.15) is 0 Å². The summed E-state index contributed by atoms with van der Waals surface area (Å²) in [4.78, 5) is 0. The molecule has 4 heteroatoms. The molecule has 0 aromatic heterocycles. The van der Waals surface area contributed by atoms with E-state index < -0.39 is 16.9 Å². The zero-order chi connectivity index (χ0) is 8.43. The van der Waals surface area contributed by atoms with Crippen LogP contribution in [-0.4, -0.2) is 39.1 Å². The predicted octanol–water partition coefficient (Wildman–Crippen LogP) is -0.0968. The van der Waals surface area contributed by atoms with Gasteiger partial charge < -0.3 is 9.84 Å². The molecule has 1 heterocycles. The Balaban J connectivity index is 2.40. The summed E-state index contributed by atoms with van der Waals surface area (Å²) in [5.41, 5.74) is 0. The number of aliphatic hydroxyl groups is 1. The zero-order valence-corrected chi connectivity index (χ0v) is 7.63. The molecule has 0 aromatic rings. The quantitative estimate of drug-likeness (QED) is 0.642. The first-order valence-corrected chi connectivity index (χ1v) is 5.27. The number of rotatable bonds is 2. The molecule has 1 N–H and O–H groups in total. The van der Waals surface area contributed by atoms with E-state index in [9.17, 15) is 9.32 Å². The molecule has 0 aromatic carbocycles. The third-order valence-electron chi connectivity index (χ3n) is 1.58. The first-order chi connectivity index (χ1) is 5.09. The van der Waals surface area contributed by atoms with Gasteiger partial charge in [-0.3, -0.25) is 4.21 Å². The largest absolute Gasteiger partial charge is 0.389 e. The molecule has 3 atom stereocenters. The van der Waals surface area contributed by atoms with Crippen molar-refractivity contribution in [2.75, 3.05) is 11.5 Å². The van der Waals surface area contributed by atoms with Crippen LogP contribution in [0.3, 0.4) is 0 Å². The molecule has 0 spiro atoms. The van der Waals surface area contributed by atoms with E-state index in [4.69, 9.17) is 4.74 Å². The molecular formula is C7H14O3S. The van der Waals surface area contributed by atoms with Gasteiger partial charge in [-0.05, 0) is 13.8 Å². The minimum atomic E-state index is -0.874. The van der Waals surface area contributed by atoms with E-state index in [0.717, 1.165) is 0 Å². The average molecular weight is 178 g/mol. The first kappa shape index (κ1) is 9.16. The van der Waals surface area contributed by atoms with Gasteiger partial charge in [0.15, 0.2) is 0 Å². The van der Waals surface area contributed by atoms with Gasteiger partial charge in [0.25, 0.3) is 0 Å². The van der Waals surface area contributed by atoms with Crippen molar-refractivity contribution in [3.8, 4) is 0 Å². The molecule has 0 radical (unpaired) electrons. The highest BCUT2D eigenvalue weighted by Gasteiger charge is 2.31. The van der Waals surface area contributed by atoms with E-state index in [1.54, 1.807) is 0 Å². The van der Waals surface area contributed by atoms with Gasteiger partial charge >= 0.3 is 0 Å². The lowest BCUT2D eigenvalue weighted by Gasteiger charge is -2.16. The maximum absolute atomic E-state index is 10.9. The predicted molar refractivity (Wildman–Crippen MR) is 43.9 cm³/mol. The summed E-state index contributed by atoms with van der Waals surface area (Å²) in [7, 11) is -0.874. The number of ether oxygens (including phenoxy) is 1. The summed E-state index contributed by atoms with van der Waals surface area (Å²) in [6, 6.07) is 0. The van der Waals surface area contributed by atoms with Crippen LogP contribution >= 0.6 is 0 Å². The lowest BCUT2D eigenvalue weighted by molar-refractivity contribution is -0.0383. The Morgan fingerprint density at radius 1 is 1.55 bits per heavy atom. The molecule has 0 bridgehead atoms. The third kappa shape index (κ3) is 2.54. The Bertz CT molecular complexity index is 158. The normalized spacial score (nSPS) is 38.4. The van der Waals surface area contributed by atoms with Crippen molar-refractivity contribution in [2.45, 2.75) is 32.2 Å². The van der Waals surface area contributed by atoms with E-state index in [1.807, 2.05) is 13.8 Å². The van der Waals surface area contributed by atoms with Crippen LogP contribution in [0.4, 0.5) is 0 Å². The van der Waals surface area contributed by atoms with E-state index in [0.29, 0.717) is 11.5 Å². The first-order valence-electron chi connectivity index (χ1n) is 3.78. The van der Waals surface area contributed by atoms with Crippen LogP contribution < -0.4 is 0 Å². The van der Waals surface area contributed by atoms with Crippen LogP contribution in [0, 0.1) is 0 Å². The summed E-state index contributed by atoms with van der Waals surface area (Å²) >= 11 is 0. The second-order valence-electron chi connectivity index (χ2n) is 3.06. The summed E-state index contributed by atoms with van der Waals surface area (Å²) in [6.07, 6.45) is -0.640. The summed E-state index contributed by atoms with van der Waals surface area (Å²) in [6.45, 7) is 3.82. The third-order valence-corrected chi connectivity index (χ3v) is 3.00. The SMILES string of the molecule is CC(C)O[C@H]1CS(=O)C[C@H]1O. The van der Waals surface area contributed by atoms with E-state index in [-0.39, 0.29) is 12.2 Å². The van der Waals surface area contributed by atoms with Crippen LogP contribution in [0.25, 0.3) is 0 Å². The van der Waals surface area contributed by atoms with Gasteiger partial charge in [-0.15, -0.1) is 0 Å². The minimum Gasteiger partial charge on any atom is -0.389 e. The monoisotopic (exact) mass is 178 g/mol. The van der Waals surface area contributed by atoms with Crippen molar-refractivity contribution >= 4 is 10.8 Å². The smallest absolute Gasteiger partial charge is 0.0961 e. The molecule has 3 nitrogen and oxygen atoms in total. The van der Waals surface area contributed by atoms with Gasteiger partial charge in [-0.1, -0.05) is 0 Å². The Morgan fingerprint density at radius 3 is 2.55 bits per heavy atom. The van der Waals surface area contributed by atoms with Gasteiger partial charge in [-0.2, -0.15) is 0 Å². The fourth-order valence-corrected chi connectivity index (χ4v) is 2.54. The van der Waals surface area contributed by atoms with Crippen molar-refractivity contribution in [3.05, 3.63) is 0 Å². The van der Waals surface area contributed by atoms with Crippen LogP contribution in [0.2, 0.25) is 0 Å². The second kappa shape index (κ2) is 3.65. The lowest BCUT2D eigenvalue weighted by Crippen LogP contribution is -2.29. The van der Waals surface area contributed by atoms with Gasteiger partial charge in [-0.25, -0.2) is 0 Å². The van der Waals surface area contributed by atoms with Gasteiger partial charge in [0, 0.05) is 10.8 Å². The van der Waals surface area contributed by atoms with Crippen LogP contribution in [0.1, 0.15) is 13.8 Å². The molecule has 1 rings (SSSR count). The average Bonchev–Trinajstić information content (AvgIpc) is 2.09. The van der Waals surface area contributed by atoms with Crippen LogP contribution in [0.15, 0.2) is 0 Å². The Labute approximate surface area is 69.2 Å². The summed E-state index contributed by atoms with van der Waals surface area (Å²) < 4.78 is 16.3. The highest BCUT2D eigenvalue weighted by atomic mass is 32.2. The van der Waals surface area contributed by atoms with Crippen molar-refractivity contribution in [1.29, 1.82) is 0 Å². The fraction of sp³-hybridized carbons (Fsp3) is 1.00. The molecule has 66 valence electrons. The van der Waals surface area contributed by atoms with Crippen molar-refractivity contribution in [1.82, 2.24) is 0 Å². The number of hydrogen-bond donors (Lipinski definition) is 1. The van der Waals surface area contributed by atoms with E-state index in [2.05, 4.69) is 0 Å². The maximum Gasteiger partial charge on any atom is 0.0961 e. The van der Waals surface area contributed by atoms with Crippen molar-refractivity contribution in [2.24, 2.45) is 0 Å². The standard InChI is InChI=1S/C7H14O3S/c1-5(2)10-7-4-11(9)3-6(7)8/h5-8H,3-4H2,1-2H3/t6-,7+,11?/m1/s1. The molecule has 0 aliphatic carbocycles. The van der Waals surface area contributed by atoms with E-state index in [1.165, 1.54) is 0 Å². The van der Waals surface area contributed by atoms with Gasteiger partial charge in [0.2, 0.25) is 0 Å². The number of hydrogen-bond acceptors (Lipinski definition) is 3. The molecular weight excluding hydrogens is 164 g/mol. The fourth-order valence-electron chi connectivity index (χ4n) is 1.14. The molecule has 1 fully saturated rings. The second-order valence-corrected chi connectivity index (χ2v) is 4.61. The molecule has 11 heavy (non-hydrogen) atoms. The Morgan fingerprint density at radius 2 is 2.18 bits per heavy atom. The molecule has 1 aliphatic heterocycles. The molecule has 0 saturated carbocycles. The molecule has 1 saturated heterocycles. The Hall–Kier alpha value is 0.0700. The van der Waals surface area contributed by atoms with Crippen LogP contribution in [0.5, 0.6) is 0 Å². The minimum absolute atomic E-state index is 0.102. The maximum atomic E-state index is 10.9. The molecule has 1 unspecified atom stereocenters. The van der Waals surface area contributed by atoms with E-state index >= 15 is 0 Å². The summed E-state index contributed by atoms with van der Waals surface area (Å²) in [5.74, 6) is 0.858. The molecule has 0 amide bonds.